The predicted octanol–water partition coefficient (Wildman–Crippen LogP) is 4.56. The van der Waals surface area contributed by atoms with Crippen molar-refractivity contribution in [3.05, 3.63) is 34.3 Å². The Morgan fingerprint density at radius 2 is 1.93 bits per heavy atom. The number of aromatic nitrogens is 1. The van der Waals surface area contributed by atoms with Crippen LogP contribution < -0.4 is 10.0 Å². The number of likely N-dealkylation sites (N-methyl/N-ethyl adjacent to an activating group) is 1. The molecule has 0 saturated carbocycles. The summed E-state index contributed by atoms with van der Waals surface area (Å²) in [5, 5.41) is 2.34. The largest absolute Gasteiger partial charge is 0.382 e. The van der Waals surface area contributed by atoms with Crippen molar-refractivity contribution in [3.63, 3.8) is 0 Å². The van der Waals surface area contributed by atoms with Crippen LogP contribution in [0.25, 0.3) is 0 Å². The number of nitrogens with zero attached hydrogens (tertiary/aromatic N) is 2. The van der Waals surface area contributed by atoms with Crippen molar-refractivity contribution in [2.24, 2.45) is 0 Å². The highest BCUT2D eigenvalue weighted by atomic mass is 35.5. The van der Waals surface area contributed by atoms with Crippen molar-refractivity contribution >= 4 is 51.9 Å². The molecule has 1 aromatic carbocycles. The van der Waals surface area contributed by atoms with Crippen molar-refractivity contribution in [2.45, 2.75) is 36.6 Å². The monoisotopic (exact) mass is 482 g/mol. The van der Waals surface area contributed by atoms with Crippen LogP contribution in [0.1, 0.15) is 0 Å². The van der Waals surface area contributed by atoms with Gasteiger partial charge in [0.05, 0.1) is 16.9 Å². The Labute approximate surface area is 180 Å². The number of thiazole rings is 1. The summed E-state index contributed by atoms with van der Waals surface area (Å²) < 4.78 is 54.5. The van der Waals surface area contributed by atoms with E-state index >= 15 is 0 Å². The molecule has 0 radical (unpaired) electrons. The van der Waals surface area contributed by atoms with Gasteiger partial charge in [0.25, 0.3) is 10.0 Å². The van der Waals surface area contributed by atoms with Crippen molar-refractivity contribution < 1.29 is 17.2 Å². The quantitative estimate of drug-likeness (QED) is 0.512. The standard InChI is InChI=1S/C17H25ClF2N4O2S2Si/c1-24(2)11(10-29(3,4)5)8-21-14-7-13(19)15(6-12(14)18)28(25,26)23-17-22-9-16(20)27-17/h6-7,9,11,21H,8,10H2,1-5H3,(H,22,23). The number of hydrogen-bond donors (Lipinski definition) is 2. The zero-order valence-electron chi connectivity index (χ0n) is 16.9. The fraction of sp³-hybridized carbons (Fsp3) is 0.471. The third kappa shape index (κ3) is 6.88. The molecule has 2 aromatic rings. The summed E-state index contributed by atoms with van der Waals surface area (Å²) in [6.07, 6.45) is 0.875. The summed E-state index contributed by atoms with van der Waals surface area (Å²) in [7, 11) is -1.65. The molecule has 0 fully saturated rings. The van der Waals surface area contributed by atoms with Crippen LogP contribution >= 0.6 is 22.9 Å². The lowest BCUT2D eigenvalue weighted by atomic mass is 10.2. The molecule has 2 rings (SSSR count). The van der Waals surface area contributed by atoms with Crippen LogP contribution in [0.15, 0.2) is 23.2 Å². The molecule has 162 valence electrons. The minimum atomic E-state index is -4.30. The molecule has 0 aliphatic carbocycles. The van der Waals surface area contributed by atoms with Crippen LogP contribution in [0, 0.1) is 10.9 Å². The Bertz CT molecular complexity index is 965. The predicted molar refractivity (Wildman–Crippen MR) is 118 cm³/mol. The Balaban J connectivity index is 2.20. The summed E-state index contributed by atoms with van der Waals surface area (Å²) in [4.78, 5) is 5.05. The molecule has 0 spiro atoms. The molecule has 1 unspecified atom stereocenters. The molecule has 12 heteroatoms. The van der Waals surface area contributed by atoms with Crippen molar-refractivity contribution in [2.75, 3.05) is 30.7 Å². The maximum Gasteiger partial charge on any atom is 0.266 e. The highest BCUT2D eigenvalue weighted by molar-refractivity contribution is 7.93. The fourth-order valence-electron chi connectivity index (χ4n) is 2.71. The number of benzene rings is 1. The van der Waals surface area contributed by atoms with Crippen molar-refractivity contribution in [3.8, 4) is 0 Å². The highest BCUT2D eigenvalue weighted by Crippen LogP contribution is 2.30. The molecule has 0 bridgehead atoms. The van der Waals surface area contributed by atoms with E-state index in [4.69, 9.17) is 11.6 Å². The molecule has 0 amide bonds. The first-order valence-electron chi connectivity index (χ1n) is 8.82. The SMILES string of the molecule is CN(C)C(CNc1cc(F)c(S(=O)(=O)Nc2ncc(F)s2)cc1Cl)C[Si](C)(C)C. The Morgan fingerprint density at radius 1 is 1.28 bits per heavy atom. The van der Waals surface area contributed by atoms with Gasteiger partial charge >= 0.3 is 0 Å². The molecule has 0 aliphatic rings. The van der Waals surface area contributed by atoms with E-state index in [-0.39, 0.29) is 16.2 Å². The fourth-order valence-corrected chi connectivity index (χ4v) is 6.80. The van der Waals surface area contributed by atoms with Gasteiger partial charge in [-0.05, 0) is 32.3 Å². The van der Waals surface area contributed by atoms with Gasteiger partial charge in [-0.3, -0.25) is 4.72 Å². The number of hydrogen-bond acceptors (Lipinski definition) is 6. The minimum absolute atomic E-state index is 0.0719. The van der Waals surface area contributed by atoms with Gasteiger partial charge in [-0.2, -0.15) is 4.39 Å². The molecule has 1 atom stereocenters. The van der Waals surface area contributed by atoms with E-state index in [1.54, 1.807) is 0 Å². The maximum absolute atomic E-state index is 14.6. The van der Waals surface area contributed by atoms with Gasteiger partial charge in [-0.1, -0.05) is 42.6 Å². The number of nitrogens with one attached hydrogen (secondary N) is 2. The average Bonchev–Trinajstić information content (AvgIpc) is 2.96. The van der Waals surface area contributed by atoms with E-state index < -0.39 is 33.9 Å². The molecule has 0 aliphatic heterocycles. The third-order valence-corrected chi connectivity index (χ3v) is 8.31. The molecule has 0 saturated heterocycles. The molecule has 6 nitrogen and oxygen atoms in total. The molecule has 29 heavy (non-hydrogen) atoms. The molecular weight excluding hydrogens is 458 g/mol. The third-order valence-electron chi connectivity index (χ3n) is 4.12. The number of rotatable bonds is 9. The zero-order valence-corrected chi connectivity index (χ0v) is 20.3. The number of sulfonamides is 1. The second kappa shape index (κ2) is 9.25. The highest BCUT2D eigenvalue weighted by Gasteiger charge is 2.25. The first-order valence-corrected chi connectivity index (χ1v) is 15.2. The summed E-state index contributed by atoms with van der Waals surface area (Å²) >= 11 is 6.71. The van der Waals surface area contributed by atoms with Crippen LogP contribution in [0.4, 0.5) is 19.6 Å². The van der Waals surface area contributed by atoms with E-state index in [0.29, 0.717) is 23.6 Å². The van der Waals surface area contributed by atoms with Gasteiger partial charge in [0.1, 0.15) is 10.7 Å². The summed E-state index contributed by atoms with van der Waals surface area (Å²) in [5.41, 5.74) is 0.311. The van der Waals surface area contributed by atoms with E-state index in [0.717, 1.165) is 24.4 Å². The Morgan fingerprint density at radius 3 is 2.45 bits per heavy atom. The van der Waals surface area contributed by atoms with Crippen molar-refractivity contribution in [1.29, 1.82) is 0 Å². The number of anilines is 2. The molecule has 1 heterocycles. The van der Waals surface area contributed by atoms with E-state index in [2.05, 4.69) is 39.6 Å². The first kappa shape index (κ1) is 24.0. The summed E-state index contributed by atoms with van der Waals surface area (Å²) in [6.45, 7) is 7.37. The first-order chi connectivity index (χ1) is 13.3. The van der Waals surface area contributed by atoms with Gasteiger partial charge in [-0.15, -0.1) is 0 Å². The average molecular weight is 483 g/mol. The van der Waals surface area contributed by atoms with Gasteiger partial charge in [-0.25, -0.2) is 17.8 Å². The zero-order chi connectivity index (χ0) is 22.0. The Hall–Kier alpha value is -1.27. The summed E-state index contributed by atoms with van der Waals surface area (Å²) in [5.74, 6) is -0.965. The topological polar surface area (TPSA) is 74.3 Å². The van der Waals surface area contributed by atoms with Crippen LogP contribution in [-0.2, 0) is 10.0 Å². The molecule has 2 N–H and O–H groups in total. The second-order valence-corrected chi connectivity index (χ2v) is 16.7. The Kier molecular flexibility index (Phi) is 7.66. The van der Waals surface area contributed by atoms with E-state index in [1.807, 2.05) is 14.1 Å². The lowest BCUT2D eigenvalue weighted by molar-refractivity contribution is 0.323. The van der Waals surface area contributed by atoms with Crippen molar-refractivity contribution in [1.82, 2.24) is 9.88 Å². The van der Waals surface area contributed by atoms with Crippen LogP contribution in [0.2, 0.25) is 30.7 Å². The van der Waals surface area contributed by atoms with E-state index in [9.17, 15) is 17.2 Å². The van der Waals surface area contributed by atoms with Gasteiger partial charge in [0.2, 0.25) is 0 Å². The van der Waals surface area contributed by atoms with Gasteiger partial charge in [0, 0.05) is 20.7 Å². The van der Waals surface area contributed by atoms with Crippen LogP contribution in [0.5, 0.6) is 0 Å². The maximum atomic E-state index is 14.6. The molecular formula is C17H25ClF2N4O2S2Si. The van der Waals surface area contributed by atoms with Gasteiger partial charge in [0.15, 0.2) is 10.3 Å². The second-order valence-electron chi connectivity index (χ2n) is 8.10. The van der Waals surface area contributed by atoms with Crippen LogP contribution in [-0.4, -0.2) is 53.1 Å². The lowest BCUT2D eigenvalue weighted by Crippen LogP contribution is -2.40. The lowest BCUT2D eigenvalue weighted by Gasteiger charge is -2.30. The minimum Gasteiger partial charge on any atom is -0.382 e. The summed E-state index contributed by atoms with van der Waals surface area (Å²) in [6, 6.07) is 3.36. The number of halogens is 3. The van der Waals surface area contributed by atoms with Crippen LogP contribution in [0.3, 0.4) is 0 Å². The van der Waals surface area contributed by atoms with Gasteiger partial charge < -0.3 is 10.2 Å². The van der Waals surface area contributed by atoms with E-state index in [1.165, 1.54) is 0 Å². The molecule has 1 aromatic heterocycles. The normalized spacial score (nSPS) is 13.6. The smallest absolute Gasteiger partial charge is 0.266 e.